The minimum atomic E-state index is -0.580. The molecular formula is C14H28N2O2. The lowest BCUT2D eigenvalue weighted by atomic mass is 9.75. The Labute approximate surface area is 110 Å². The van der Waals surface area contributed by atoms with Gasteiger partial charge in [0.1, 0.15) is 0 Å². The fraction of sp³-hybridized carbons (Fsp3) is 0.929. The molecule has 0 spiro atoms. The molecule has 0 aromatic rings. The van der Waals surface area contributed by atoms with Crippen molar-refractivity contribution in [1.29, 1.82) is 0 Å². The van der Waals surface area contributed by atoms with Crippen LogP contribution in [0.3, 0.4) is 0 Å². The first kappa shape index (κ1) is 15.4. The molecule has 4 unspecified atom stereocenters. The van der Waals surface area contributed by atoms with E-state index in [1.807, 2.05) is 0 Å². The third-order valence-corrected chi connectivity index (χ3v) is 4.09. The molecule has 0 bridgehead atoms. The van der Waals surface area contributed by atoms with Gasteiger partial charge in [-0.1, -0.05) is 27.2 Å². The molecule has 1 fully saturated rings. The summed E-state index contributed by atoms with van der Waals surface area (Å²) in [5, 5.41) is 0. The second-order valence-electron chi connectivity index (χ2n) is 6.03. The minimum Gasteiger partial charge on any atom is -0.378 e. The lowest BCUT2D eigenvalue weighted by molar-refractivity contribution is -0.120. The minimum absolute atomic E-state index is 0.314. The standard InChI is InChI=1S/C14H28N2O2/c1-9(2)11-5-4-10(3)8-13(11)18-7-6-12(15)14(16)17/h9-13H,4-8,15H2,1-3H3,(H2,16,17). The van der Waals surface area contributed by atoms with Crippen LogP contribution >= 0.6 is 0 Å². The molecule has 4 heteroatoms. The maximum Gasteiger partial charge on any atom is 0.234 e. The molecule has 0 radical (unpaired) electrons. The quantitative estimate of drug-likeness (QED) is 0.758. The van der Waals surface area contributed by atoms with Crippen molar-refractivity contribution in [3.05, 3.63) is 0 Å². The summed E-state index contributed by atoms with van der Waals surface area (Å²) in [6.45, 7) is 7.32. The number of hydrogen-bond acceptors (Lipinski definition) is 3. The highest BCUT2D eigenvalue weighted by atomic mass is 16.5. The Hall–Kier alpha value is -0.610. The van der Waals surface area contributed by atoms with E-state index in [4.69, 9.17) is 16.2 Å². The largest absolute Gasteiger partial charge is 0.378 e. The predicted molar refractivity (Wildman–Crippen MR) is 72.9 cm³/mol. The molecule has 4 nitrogen and oxygen atoms in total. The lowest BCUT2D eigenvalue weighted by Gasteiger charge is -2.37. The third-order valence-electron chi connectivity index (χ3n) is 4.09. The van der Waals surface area contributed by atoms with Gasteiger partial charge in [0.25, 0.3) is 0 Å². The van der Waals surface area contributed by atoms with E-state index >= 15 is 0 Å². The maximum atomic E-state index is 10.8. The zero-order chi connectivity index (χ0) is 13.7. The van der Waals surface area contributed by atoms with E-state index in [9.17, 15) is 4.79 Å². The van der Waals surface area contributed by atoms with Crippen molar-refractivity contribution in [3.63, 3.8) is 0 Å². The Kier molecular flexibility index (Phi) is 6.09. The molecule has 18 heavy (non-hydrogen) atoms. The van der Waals surface area contributed by atoms with Gasteiger partial charge in [0.15, 0.2) is 0 Å². The molecule has 4 N–H and O–H groups in total. The third kappa shape index (κ3) is 4.58. The van der Waals surface area contributed by atoms with Crippen molar-refractivity contribution in [1.82, 2.24) is 0 Å². The first-order chi connectivity index (χ1) is 8.41. The van der Waals surface area contributed by atoms with Crippen LogP contribution in [0.4, 0.5) is 0 Å². The van der Waals surface area contributed by atoms with Crippen LogP contribution in [0, 0.1) is 17.8 Å². The van der Waals surface area contributed by atoms with Crippen LogP contribution in [0.5, 0.6) is 0 Å². The van der Waals surface area contributed by atoms with Crippen LogP contribution in [-0.2, 0) is 9.53 Å². The Bertz CT molecular complexity index is 269. The molecule has 1 rings (SSSR count). The van der Waals surface area contributed by atoms with E-state index in [1.165, 1.54) is 12.8 Å². The van der Waals surface area contributed by atoms with Gasteiger partial charge in [-0.25, -0.2) is 0 Å². The van der Waals surface area contributed by atoms with E-state index in [0.717, 1.165) is 12.3 Å². The van der Waals surface area contributed by atoms with Crippen molar-refractivity contribution < 1.29 is 9.53 Å². The first-order valence-electron chi connectivity index (χ1n) is 7.08. The molecular weight excluding hydrogens is 228 g/mol. The Balaban J connectivity index is 2.39. The Morgan fingerprint density at radius 1 is 1.39 bits per heavy atom. The summed E-state index contributed by atoms with van der Waals surface area (Å²) < 4.78 is 5.96. The van der Waals surface area contributed by atoms with Gasteiger partial charge in [-0.3, -0.25) is 4.79 Å². The normalized spacial score (nSPS) is 30.4. The maximum absolute atomic E-state index is 10.8. The number of rotatable bonds is 6. The van der Waals surface area contributed by atoms with Gasteiger partial charge in [-0.05, 0) is 37.0 Å². The number of primary amides is 1. The van der Waals surface area contributed by atoms with E-state index in [-0.39, 0.29) is 0 Å². The van der Waals surface area contributed by atoms with Crippen LogP contribution in [0.1, 0.15) is 46.5 Å². The fourth-order valence-electron chi connectivity index (χ4n) is 2.79. The summed E-state index contributed by atoms with van der Waals surface area (Å²) in [6, 6.07) is -0.580. The Morgan fingerprint density at radius 2 is 2.06 bits per heavy atom. The van der Waals surface area contributed by atoms with Crippen molar-refractivity contribution in [3.8, 4) is 0 Å². The molecule has 0 aromatic heterocycles. The van der Waals surface area contributed by atoms with Crippen LogP contribution in [0.2, 0.25) is 0 Å². The van der Waals surface area contributed by atoms with Crippen molar-refractivity contribution in [2.45, 2.75) is 58.6 Å². The van der Waals surface area contributed by atoms with Gasteiger partial charge in [-0.2, -0.15) is 0 Å². The van der Waals surface area contributed by atoms with Gasteiger partial charge in [0.2, 0.25) is 5.91 Å². The second kappa shape index (κ2) is 7.10. The molecule has 106 valence electrons. The molecule has 1 amide bonds. The molecule has 4 atom stereocenters. The summed E-state index contributed by atoms with van der Waals surface area (Å²) in [7, 11) is 0. The van der Waals surface area contributed by atoms with Crippen molar-refractivity contribution in [2.24, 2.45) is 29.2 Å². The van der Waals surface area contributed by atoms with E-state index in [1.54, 1.807) is 0 Å². The highest BCUT2D eigenvalue weighted by Crippen LogP contribution is 2.35. The Morgan fingerprint density at radius 3 is 2.61 bits per heavy atom. The zero-order valence-electron chi connectivity index (χ0n) is 11.9. The van der Waals surface area contributed by atoms with Crippen molar-refractivity contribution in [2.75, 3.05) is 6.61 Å². The number of nitrogens with two attached hydrogens (primary N) is 2. The molecule has 1 saturated carbocycles. The summed E-state index contributed by atoms with van der Waals surface area (Å²) in [4.78, 5) is 10.8. The molecule has 1 aliphatic carbocycles. The van der Waals surface area contributed by atoms with Crippen molar-refractivity contribution >= 4 is 5.91 Å². The van der Waals surface area contributed by atoms with Gasteiger partial charge in [0.05, 0.1) is 12.1 Å². The molecule has 1 aliphatic rings. The summed E-state index contributed by atoms with van der Waals surface area (Å²) in [5.74, 6) is 1.56. The van der Waals surface area contributed by atoms with Crippen LogP contribution < -0.4 is 11.5 Å². The lowest BCUT2D eigenvalue weighted by Crippen LogP contribution is -2.39. The number of amides is 1. The monoisotopic (exact) mass is 256 g/mol. The highest BCUT2D eigenvalue weighted by Gasteiger charge is 2.31. The van der Waals surface area contributed by atoms with Crippen LogP contribution in [0.25, 0.3) is 0 Å². The van der Waals surface area contributed by atoms with Crippen LogP contribution in [0.15, 0.2) is 0 Å². The van der Waals surface area contributed by atoms with Gasteiger partial charge >= 0.3 is 0 Å². The molecule has 0 aliphatic heterocycles. The summed E-state index contributed by atoms with van der Waals surface area (Å²) >= 11 is 0. The molecule has 0 saturated heterocycles. The van der Waals surface area contributed by atoms with E-state index < -0.39 is 11.9 Å². The SMILES string of the molecule is CC1CCC(C(C)C)C(OCCC(N)C(N)=O)C1. The number of carbonyl (C=O) groups excluding carboxylic acids is 1. The predicted octanol–water partition coefficient (Wildman–Crippen LogP) is 1.67. The van der Waals surface area contributed by atoms with Gasteiger partial charge in [-0.15, -0.1) is 0 Å². The molecule has 0 heterocycles. The smallest absolute Gasteiger partial charge is 0.234 e. The summed E-state index contributed by atoms with van der Waals surface area (Å²) in [6.07, 6.45) is 4.49. The topological polar surface area (TPSA) is 78.3 Å². The average Bonchev–Trinajstić information content (AvgIpc) is 2.28. The average molecular weight is 256 g/mol. The zero-order valence-corrected chi connectivity index (χ0v) is 11.9. The molecule has 0 aromatic carbocycles. The highest BCUT2D eigenvalue weighted by molar-refractivity contribution is 5.79. The van der Waals surface area contributed by atoms with Crippen LogP contribution in [-0.4, -0.2) is 24.7 Å². The number of carbonyl (C=O) groups is 1. The fourth-order valence-corrected chi connectivity index (χ4v) is 2.79. The second-order valence-corrected chi connectivity index (χ2v) is 6.03. The summed E-state index contributed by atoms with van der Waals surface area (Å²) in [5.41, 5.74) is 10.7. The first-order valence-corrected chi connectivity index (χ1v) is 7.08. The van der Waals surface area contributed by atoms with E-state index in [2.05, 4.69) is 20.8 Å². The number of ether oxygens (including phenoxy) is 1. The van der Waals surface area contributed by atoms with Gasteiger partial charge in [0, 0.05) is 6.61 Å². The van der Waals surface area contributed by atoms with Gasteiger partial charge < -0.3 is 16.2 Å². The van der Waals surface area contributed by atoms with E-state index in [0.29, 0.717) is 31.0 Å². The number of hydrogen-bond donors (Lipinski definition) is 2.